The Labute approximate surface area is 121 Å². The molecule has 0 radical (unpaired) electrons. The molecule has 1 heterocycles. The van der Waals surface area contributed by atoms with E-state index in [9.17, 15) is 9.59 Å². The Morgan fingerprint density at radius 1 is 1.29 bits per heavy atom. The summed E-state index contributed by atoms with van der Waals surface area (Å²) in [5, 5.41) is 9.22. The number of aliphatic carboxylic acids is 1. The second-order valence-corrected chi connectivity index (χ2v) is 4.89. The van der Waals surface area contributed by atoms with Gasteiger partial charge in [-0.2, -0.15) is 0 Å². The summed E-state index contributed by atoms with van der Waals surface area (Å²) in [7, 11) is 0. The first-order valence-corrected chi connectivity index (χ1v) is 6.58. The molecule has 2 N–H and O–H groups in total. The zero-order valence-electron chi connectivity index (χ0n) is 11.9. The van der Waals surface area contributed by atoms with Crippen molar-refractivity contribution in [1.29, 1.82) is 0 Å². The lowest BCUT2D eigenvalue weighted by Crippen LogP contribution is -2.14. The molecule has 0 aliphatic heterocycles. The maximum absolute atomic E-state index is 12.1. The van der Waals surface area contributed by atoms with Crippen LogP contribution in [0.3, 0.4) is 0 Å². The van der Waals surface area contributed by atoms with E-state index in [2.05, 4.69) is 4.98 Å². The van der Waals surface area contributed by atoms with Crippen LogP contribution < -0.4 is 4.74 Å². The van der Waals surface area contributed by atoms with Crippen LogP contribution in [0.5, 0.6) is 5.75 Å². The van der Waals surface area contributed by atoms with Crippen molar-refractivity contribution in [1.82, 2.24) is 4.98 Å². The van der Waals surface area contributed by atoms with Crippen molar-refractivity contribution >= 4 is 22.7 Å². The van der Waals surface area contributed by atoms with E-state index in [0.717, 1.165) is 10.9 Å². The van der Waals surface area contributed by atoms with Gasteiger partial charge in [0, 0.05) is 22.7 Å². The highest BCUT2D eigenvalue weighted by atomic mass is 16.5. The maximum atomic E-state index is 12.1. The Balaban J connectivity index is 2.19. The van der Waals surface area contributed by atoms with Gasteiger partial charge in [-0.1, -0.05) is 0 Å². The largest absolute Gasteiger partial charge is 0.491 e. The number of nitrogens with one attached hydrogen (secondary N) is 1. The topological polar surface area (TPSA) is 88.6 Å². The maximum Gasteiger partial charge on any atom is 0.329 e. The number of aromatic amines is 1. The molecule has 0 unspecified atom stereocenters. The van der Waals surface area contributed by atoms with Crippen LogP contribution in [0.2, 0.25) is 0 Å². The molecule has 1 aromatic carbocycles. The molecule has 2 rings (SSSR count). The monoisotopic (exact) mass is 291 g/mol. The van der Waals surface area contributed by atoms with Gasteiger partial charge in [-0.25, -0.2) is 4.79 Å². The third-order valence-corrected chi connectivity index (χ3v) is 2.78. The number of ether oxygens (including phenoxy) is 2. The van der Waals surface area contributed by atoms with Gasteiger partial charge in [0.1, 0.15) is 19.0 Å². The summed E-state index contributed by atoms with van der Waals surface area (Å²) in [6.07, 6.45) is 1.63. The van der Waals surface area contributed by atoms with Crippen molar-refractivity contribution in [2.24, 2.45) is 0 Å². The summed E-state index contributed by atoms with van der Waals surface area (Å²) in [6.45, 7) is 3.09. The SMILES string of the molecule is CC(C)Oc1ccc2[nH]cc(C(=O)COCC(=O)O)c2c1. The number of Topliss-reactive ketones (excluding diaryl/α,β-unsaturated/α-hetero) is 1. The minimum absolute atomic E-state index is 0.0412. The predicted octanol–water partition coefficient (Wildman–Crippen LogP) is 2.24. The van der Waals surface area contributed by atoms with Crippen LogP contribution in [0.25, 0.3) is 10.9 Å². The van der Waals surface area contributed by atoms with E-state index in [1.165, 1.54) is 0 Å². The van der Waals surface area contributed by atoms with Crippen molar-refractivity contribution in [2.75, 3.05) is 13.2 Å². The van der Waals surface area contributed by atoms with Gasteiger partial charge < -0.3 is 19.6 Å². The first-order chi connectivity index (χ1) is 9.97. The number of aromatic nitrogens is 1. The third-order valence-electron chi connectivity index (χ3n) is 2.78. The summed E-state index contributed by atoms with van der Waals surface area (Å²) in [5.74, 6) is -0.698. The number of H-pyrrole nitrogens is 1. The molecule has 1 aromatic heterocycles. The lowest BCUT2D eigenvalue weighted by molar-refractivity contribution is -0.141. The highest BCUT2D eigenvalue weighted by Crippen LogP contribution is 2.24. The average Bonchev–Trinajstić information content (AvgIpc) is 2.80. The van der Waals surface area contributed by atoms with Gasteiger partial charge >= 0.3 is 5.97 Å². The van der Waals surface area contributed by atoms with E-state index in [1.807, 2.05) is 26.0 Å². The minimum atomic E-state index is -1.10. The average molecular weight is 291 g/mol. The van der Waals surface area contributed by atoms with Crippen molar-refractivity contribution in [3.05, 3.63) is 30.0 Å². The summed E-state index contributed by atoms with van der Waals surface area (Å²) < 4.78 is 10.4. The van der Waals surface area contributed by atoms with E-state index in [-0.39, 0.29) is 18.5 Å². The molecule has 0 aliphatic carbocycles. The molecule has 0 saturated carbocycles. The number of rotatable bonds is 7. The Bertz CT molecular complexity index is 659. The van der Waals surface area contributed by atoms with Crippen molar-refractivity contribution < 1.29 is 24.2 Å². The van der Waals surface area contributed by atoms with E-state index >= 15 is 0 Å². The molecule has 6 heteroatoms. The van der Waals surface area contributed by atoms with Gasteiger partial charge in [-0.15, -0.1) is 0 Å². The highest BCUT2D eigenvalue weighted by Gasteiger charge is 2.14. The Hall–Kier alpha value is -2.34. The van der Waals surface area contributed by atoms with E-state index in [0.29, 0.717) is 11.3 Å². The van der Waals surface area contributed by atoms with Gasteiger partial charge in [-0.3, -0.25) is 4.79 Å². The van der Waals surface area contributed by atoms with Crippen LogP contribution >= 0.6 is 0 Å². The first-order valence-electron chi connectivity index (χ1n) is 6.58. The zero-order chi connectivity index (χ0) is 15.4. The molecule has 112 valence electrons. The van der Waals surface area contributed by atoms with E-state index in [4.69, 9.17) is 14.6 Å². The molecule has 6 nitrogen and oxygen atoms in total. The lowest BCUT2D eigenvalue weighted by Gasteiger charge is -2.09. The molecule has 0 saturated heterocycles. The molecule has 0 fully saturated rings. The van der Waals surface area contributed by atoms with Gasteiger partial charge in [-0.05, 0) is 32.0 Å². The fourth-order valence-corrected chi connectivity index (χ4v) is 1.98. The molecule has 21 heavy (non-hydrogen) atoms. The van der Waals surface area contributed by atoms with Gasteiger partial charge in [0.2, 0.25) is 0 Å². The highest BCUT2D eigenvalue weighted by molar-refractivity contribution is 6.08. The Morgan fingerprint density at radius 3 is 2.71 bits per heavy atom. The number of hydrogen-bond donors (Lipinski definition) is 2. The fourth-order valence-electron chi connectivity index (χ4n) is 1.98. The Kier molecular flexibility index (Phi) is 4.59. The van der Waals surface area contributed by atoms with E-state index in [1.54, 1.807) is 12.3 Å². The van der Waals surface area contributed by atoms with Crippen LogP contribution in [-0.2, 0) is 9.53 Å². The number of carboxylic acids is 1. The van der Waals surface area contributed by atoms with Gasteiger partial charge in [0.25, 0.3) is 0 Å². The molecule has 0 bridgehead atoms. The third kappa shape index (κ3) is 3.82. The number of carbonyl (C=O) groups is 2. The molecule has 0 spiro atoms. The van der Waals surface area contributed by atoms with Gasteiger partial charge in [0.15, 0.2) is 5.78 Å². The van der Waals surface area contributed by atoms with Crippen LogP contribution in [0.4, 0.5) is 0 Å². The molecular formula is C15H17NO5. The normalized spacial score (nSPS) is 11.0. The lowest BCUT2D eigenvalue weighted by atomic mass is 10.1. The van der Waals surface area contributed by atoms with Gasteiger partial charge in [0.05, 0.1) is 6.10 Å². The molecule has 0 amide bonds. The van der Waals surface area contributed by atoms with Crippen molar-refractivity contribution in [3.63, 3.8) is 0 Å². The second-order valence-electron chi connectivity index (χ2n) is 4.89. The first kappa shape index (κ1) is 15.1. The number of carboxylic acid groups (broad SMARTS) is 1. The zero-order valence-corrected chi connectivity index (χ0v) is 11.9. The number of ketones is 1. The smallest absolute Gasteiger partial charge is 0.329 e. The van der Waals surface area contributed by atoms with E-state index < -0.39 is 12.6 Å². The summed E-state index contributed by atoms with van der Waals surface area (Å²) in [6, 6.07) is 5.45. The standard InChI is InChI=1S/C15H17NO5/c1-9(2)21-10-3-4-13-11(5-10)12(6-16-13)14(17)7-20-8-15(18)19/h3-6,9,16H,7-8H2,1-2H3,(H,18,19). The van der Waals surface area contributed by atoms with Crippen LogP contribution in [0.1, 0.15) is 24.2 Å². The molecular weight excluding hydrogens is 274 g/mol. The number of carbonyl (C=O) groups excluding carboxylic acids is 1. The molecule has 0 aliphatic rings. The summed E-state index contributed by atoms with van der Waals surface area (Å²) >= 11 is 0. The van der Waals surface area contributed by atoms with Crippen LogP contribution in [0, 0.1) is 0 Å². The minimum Gasteiger partial charge on any atom is -0.491 e. The van der Waals surface area contributed by atoms with Crippen LogP contribution in [0.15, 0.2) is 24.4 Å². The van der Waals surface area contributed by atoms with Crippen molar-refractivity contribution in [2.45, 2.75) is 20.0 Å². The Morgan fingerprint density at radius 2 is 2.05 bits per heavy atom. The second kappa shape index (κ2) is 6.41. The molecule has 2 aromatic rings. The number of benzene rings is 1. The van der Waals surface area contributed by atoms with Crippen molar-refractivity contribution in [3.8, 4) is 5.75 Å². The predicted molar refractivity (Wildman–Crippen MR) is 76.8 cm³/mol. The summed E-state index contributed by atoms with van der Waals surface area (Å²) in [4.78, 5) is 25.4. The quantitative estimate of drug-likeness (QED) is 0.764. The fraction of sp³-hybridized carbons (Fsp3) is 0.333. The summed E-state index contributed by atoms with van der Waals surface area (Å²) in [5.41, 5.74) is 1.28. The van der Waals surface area contributed by atoms with Crippen LogP contribution in [-0.4, -0.2) is 41.2 Å². The number of fused-ring (bicyclic) bond motifs is 1. The molecule has 0 atom stereocenters. The number of hydrogen-bond acceptors (Lipinski definition) is 4.